The molecule has 1 rings (SSSR count). The number of nitrogens with zero attached hydrogens (tertiary/aromatic N) is 1. The van der Waals surface area contributed by atoms with Crippen molar-refractivity contribution in [3.05, 3.63) is 23.7 Å². The van der Waals surface area contributed by atoms with Crippen molar-refractivity contribution >= 4 is 11.9 Å². The second-order valence-electron chi connectivity index (χ2n) is 3.61. The fourth-order valence-corrected chi connectivity index (χ4v) is 1.25. The lowest BCUT2D eigenvalue weighted by atomic mass is 10.4. The Morgan fingerprint density at radius 3 is 2.94 bits per heavy atom. The molecule has 0 aromatic carbocycles. The van der Waals surface area contributed by atoms with Gasteiger partial charge < -0.3 is 20.2 Å². The van der Waals surface area contributed by atoms with Gasteiger partial charge in [-0.1, -0.05) is 6.92 Å². The van der Waals surface area contributed by atoms with Gasteiger partial charge in [-0.05, 0) is 25.5 Å². The van der Waals surface area contributed by atoms with Gasteiger partial charge in [0.2, 0.25) is 5.76 Å². The molecule has 1 aromatic rings. The number of nitrogens with two attached hydrogens (primary N) is 1. The van der Waals surface area contributed by atoms with Crippen molar-refractivity contribution in [1.82, 2.24) is 5.32 Å². The van der Waals surface area contributed by atoms with Crippen LogP contribution in [0.3, 0.4) is 0 Å². The summed E-state index contributed by atoms with van der Waals surface area (Å²) in [5.41, 5.74) is 5.63. The lowest BCUT2D eigenvalue weighted by Gasteiger charge is -2.02. The second-order valence-corrected chi connectivity index (χ2v) is 3.61. The van der Waals surface area contributed by atoms with Gasteiger partial charge >= 0.3 is 5.97 Å². The number of carbonyl (C=O) groups is 1. The zero-order valence-corrected chi connectivity index (χ0v) is 10.7. The third-order valence-corrected chi connectivity index (χ3v) is 2.10. The van der Waals surface area contributed by atoms with Crippen LogP contribution >= 0.6 is 0 Å². The van der Waals surface area contributed by atoms with Crippen molar-refractivity contribution in [2.24, 2.45) is 10.7 Å². The summed E-state index contributed by atoms with van der Waals surface area (Å²) in [5.74, 6) is 0.650. The molecule has 0 bridgehead atoms. The summed E-state index contributed by atoms with van der Waals surface area (Å²) in [4.78, 5) is 15.4. The van der Waals surface area contributed by atoms with Gasteiger partial charge in [-0.15, -0.1) is 0 Å². The number of guanidine groups is 1. The maximum Gasteiger partial charge on any atom is 0.374 e. The first-order valence-corrected chi connectivity index (χ1v) is 5.97. The minimum absolute atomic E-state index is 0.183. The fraction of sp³-hybridized carbons (Fsp3) is 0.500. The highest BCUT2D eigenvalue weighted by atomic mass is 16.5. The summed E-state index contributed by atoms with van der Waals surface area (Å²) in [6.07, 6.45) is 0.976. The van der Waals surface area contributed by atoms with Gasteiger partial charge in [-0.2, -0.15) is 0 Å². The number of rotatable bonds is 6. The Balaban J connectivity index is 2.51. The van der Waals surface area contributed by atoms with Crippen LogP contribution in [0.25, 0.3) is 0 Å². The van der Waals surface area contributed by atoms with Crippen LogP contribution in [0.15, 0.2) is 21.5 Å². The SMILES string of the molecule is CCCNC(N)=NCc1ccc(C(=O)OCC)o1. The smallest absolute Gasteiger partial charge is 0.374 e. The van der Waals surface area contributed by atoms with Crippen molar-refractivity contribution in [2.75, 3.05) is 13.2 Å². The van der Waals surface area contributed by atoms with Crippen molar-refractivity contribution in [3.63, 3.8) is 0 Å². The van der Waals surface area contributed by atoms with E-state index >= 15 is 0 Å². The number of carbonyl (C=O) groups excluding carboxylic acids is 1. The number of hydrogen-bond donors (Lipinski definition) is 2. The monoisotopic (exact) mass is 253 g/mol. The maximum atomic E-state index is 11.3. The summed E-state index contributed by atoms with van der Waals surface area (Å²) in [6.45, 7) is 5.18. The predicted octanol–water partition coefficient (Wildman–Crippen LogP) is 1.27. The molecule has 0 radical (unpaired) electrons. The Kier molecular flexibility index (Phi) is 5.76. The van der Waals surface area contributed by atoms with Crippen LogP contribution in [0.4, 0.5) is 0 Å². The van der Waals surface area contributed by atoms with Crippen LogP contribution < -0.4 is 11.1 Å². The number of furan rings is 1. The first-order chi connectivity index (χ1) is 8.67. The van der Waals surface area contributed by atoms with Gasteiger partial charge in [-0.25, -0.2) is 9.79 Å². The van der Waals surface area contributed by atoms with Gasteiger partial charge in [0, 0.05) is 6.54 Å². The van der Waals surface area contributed by atoms with E-state index in [1.165, 1.54) is 0 Å². The lowest BCUT2D eigenvalue weighted by Crippen LogP contribution is -2.32. The quantitative estimate of drug-likeness (QED) is 0.452. The molecular weight excluding hydrogens is 234 g/mol. The number of hydrogen-bond acceptors (Lipinski definition) is 4. The summed E-state index contributed by atoms with van der Waals surface area (Å²) in [6, 6.07) is 3.25. The van der Waals surface area contributed by atoms with Crippen LogP contribution in [0.1, 0.15) is 36.6 Å². The van der Waals surface area contributed by atoms with Gasteiger partial charge in [-0.3, -0.25) is 0 Å². The zero-order chi connectivity index (χ0) is 13.4. The molecule has 100 valence electrons. The summed E-state index contributed by atoms with van der Waals surface area (Å²) in [7, 11) is 0. The summed E-state index contributed by atoms with van der Waals surface area (Å²) >= 11 is 0. The molecule has 0 amide bonds. The molecule has 0 aliphatic heterocycles. The van der Waals surface area contributed by atoms with E-state index in [0.717, 1.165) is 13.0 Å². The van der Waals surface area contributed by atoms with Crippen LogP contribution in [0.5, 0.6) is 0 Å². The molecular formula is C12H19N3O3. The average molecular weight is 253 g/mol. The average Bonchev–Trinajstić information content (AvgIpc) is 2.83. The van der Waals surface area contributed by atoms with E-state index in [9.17, 15) is 4.79 Å². The van der Waals surface area contributed by atoms with Gasteiger partial charge in [0.15, 0.2) is 5.96 Å². The molecule has 0 aliphatic rings. The van der Waals surface area contributed by atoms with E-state index < -0.39 is 5.97 Å². The van der Waals surface area contributed by atoms with Crippen molar-refractivity contribution in [1.29, 1.82) is 0 Å². The first kappa shape index (κ1) is 14.1. The molecule has 0 fully saturated rings. The highest BCUT2D eigenvalue weighted by Crippen LogP contribution is 2.10. The van der Waals surface area contributed by atoms with Crippen molar-refractivity contribution in [3.8, 4) is 0 Å². The number of ether oxygens (including phenoxy) is 1. The number of aliphatic imine (C=N–C) groups is 1. The minimum atomic E-state index is -0.468. The van der Waals surface area contributed by atoms with E-state index in [4.69, 9.17) is 14.9 Å². The summed E-state index contributed by atoms with van der Waals surface area (Å²) in [5, 5.41) is 2.95. The van der Waals surface area contributed by atoms with E-state index in [1.54, 1.807) is 19.1 Å². The standard InChI is InChI=1S/C12H19N3O3/c1-3-7-14-12(13)15-8-9-5-6-10(18-9)11(16)17-4-2/h5-6H,3-4,7-8H2,1-2H3,(H3,13,14,15). The van der Waals surface area contributed by atoms with Gasteiger partial charge in [0.1, 0.15) is 12.3 Å². The second kappa shape index (κ2) is 7.37. The highest BCUT2D eigenvalue weighted by Gasteiger charge is 2.11. The van der Waals surface area contributed by atoms with Crippen LogP contribution in [-0.2, 0) is 11.3 Å². The number of nitrogens with one attached hydrogen (secondary N) is 1. The maximum absolute atomic E-state index is 11.3. The van der Waals surface area contributed by atoms with Crippen LogP contribution in [0, 0.1) is 0 Å². The Morgan fingerprint density at radius 1 is 1.50 bits per heavy atom. The third-order valence-electron chi connectivity index (χ3n) is 2.10. The normalized spacial score (nSPS) is 11.3. The molecule has 1 heterocycles. The third kappa shape index (κ3) is 4.48. The Morgan fingerprint density at radius 2 is 2.28 bits per heavy atom. The first-order valence-electron chi connectivity index (χ1n) is 5.97. The van der Waals surface area contributed by atoms with Crippen molar-refractivity contribution < 1.29 is 13.9 Å². The number of esters is 1. The molecule has 0 unspecified atom stereocenters. The molecule has 1 aromatic heterocycles. The van der Waals surface area contributed by atoms with Crippen LogP contribution in [-0.4, -0.2) is 25.1 Å². The van der Waals surface area contributed by atoms with E-state index in [0.29, 0.717) is 24.9 Å². The molecule has 0 saturated heterocycles. The highest BCUT2D eigenvalue weighted by molar-refractivity contribution is 5.86. The lowest BCUT2D eigenvalue weighted by molar-refractivity contribution is 0.0488. The Hall–Kier alpha value is -1.98. The van der Waals surface area contributed by atoms with E-state index in [2.05, 4.69) is 10.3 Å². The van der Waals surface area contributed by atoms with E-state index in [1.807, 2.05) is 6.92 Å². The molecule has 6 heteroatoms. The molecule has 18 heavy (non-hydrogen) atoms. The van der Waals surface area contributed by atoms with E-state index in [-0.39, 0.29) is 5.76 Å². The van der Waals surface area contributed by atoms with Gasteiger partial charge in [0.25, 0.3) is 0 Å². The van der Waals surface area contributed by atoms with Crippen LogP contribution in [0.2, 0.25) is 0 Å². The Labute approximate surface area is 106 Å². The molecule has 0 spiro atoms. The largest absolute Gasteiger partial charge is 0.460 e. The molecule has 3 N–H and O–H groups in total. The van der Waals surface area contributed by atoms with Crippen molar-refractivity contribution in [2.45, 2.75) is 26.8 Å². The topological polar surface area (TPSA) is 89.8 Å². The molecule has 0 saturated carbocycles. The molecule has 6 nitrogen and oxygen atoms in total. The molecule has 0 aliphatic carbocycles. The van der Waals surface area contributed by atoms with Gasteiger partial charge in [0.05, 0.1) is 6.61 Å². The zero-order valence-electron chi connectivity index (χ0n) is 10.7. The minimum Gasteiger partial charge on any atom is -0.460 e. The Bertz CT molecular complexity index is 412. The fourth-order valence-electron chi connectivity index (χ4n) is 1.25. The summed E-state index contributed by atoms with van der Waals surface area (Å²) < 4.78 is 10.1. The molecule has 0 atom stereocenters. The predicted molar refractivity (Wildman–Crippen MR) is 68.3 cm³/mol.